The second kappa shape index (κ2) is 6.40. The van der Waals surface area contributed by atoms with Crippen LogP contribution in [0.2, 0.25) is 0 Å². The molecule has 0 bridgehead atoms. The Kier molecular flexibility index (Phi) is 3.95. The molecular formula is C23H19NO. The van der Waals surface area contributed by atoms with E-state index in [4.69, 9.17) is 0 Å². The first-order chi connectivity index (χ1) is 12.3. The van der Waals surface area contributed by atoms with Gasteiger partial charge in [0.05, 0.1) is 11.6 Å². The second-order valence-electron chi connectivity index (χ2n) is 6.25. The van der Waals surface area contributed by atoms with Crippen LogP contribution in [0.25, 0.3) is 11.1 Å². The van der Waals surface area contributed by atoms with E-state index in [0.717, 1.165) is 27.8 Å². The van der Waals surface area contributed by atoms with Crippen molar-refractivity contribution < 1.29 is 4.79 Å². The number of amides is 1. The fraction of sp³-hybridized carbons (Fsp3) is 0.0870. The second-order valence-corrected chi connectivity index (χ2v) is 6.25. The fourth-order valence-corrected chi connectivity index (χ4v) is 3.57. The molecule has 2 nitrogen and oxygen atoms in total. The Bertz CT molecular complexity index is 914. The van der Waals surface area contributed by atoms with Crippen molar-refractivity contribution in [3.05, 3.63) is 108 Å². The number of hydrogen-bond donors (Lipinski definition) is 0. The van der Waals surface area contributed by atoms with Gasteiger partial charge in [0.25, 0.3) is 5.91 Å². The lowest BCUT2D eigenvalue weighted by Gasteiger charge is -2.23. The van der Waals surface area contributed by atoms with Crippen LogP contribution < -0.4 is 0 Å². The monoisotopic (exact) mass is 325 g/mol. The predicted octanol–water partition coefficient (Wildman–Crippen LogP) is 4.81. The molecule has 0 aliphatic carbocycles. The molecule has 1 heterocycles. The lowest BCUT2D eigenvalue weighted by atomic mass is 9.89. The first-order valence-electron chi connectivity index (χ1n) is 8.44. The van der Waals surface area contributed by atoms with Gasteiger partial charge >= 0.3 is 0 Å². The predicted molar refractivity (Wildman–Crippen MR) is 102 cm³/mol. The minimum absolute atomic E-state index is 0.0684. The smallest absolute Gasteiger partial charge is 0.255 e. The Labute approximate surface area is 148 Å². The maximum Gasteiger partial charge on any atom is 0.255 e. The fourth-order valence-electron chi connectivity index (χ4n) is 3.57. The van der Waals surface area contributed by atoms with Crippen LogP contribution in [0.4, 0.5) is 0 Å². The van der Waals surface area contributed by atoms with Crippen LogP contribution >= 0.6 is 0 Å². The normalized spacial score (nSPS) is 17.2. The van der Waals surface area contributed by atoms with Gasteiger partial charge in [0, 0.05) is 7.05 Å². The van der Waals surface area contributed by atoms with E-state index in [1.807, 2.05) is 78.7 Å². The molecule has 0 saturated carbocycles. The van der Waals surface area contributed by atoms with E-state index < -0.39 is 0 Å². The number of hydrogen-bond acceptors (Lipinski definition) is 1. The van der Waals surface area contributed by atoms with E-state index in [2.05, 4.69) is 24.3 Å². The average molecular weight is 325 g/mol. The number of carbonyl (C=O) groups excluding carboxylic acids is 1. The molecule has 1 atom stereocenters. The summed E-state index contributed by atoms with van der Waals surface area (Å²) in [5, 5.41) is 0. The molecule has 0 aromatic heterocycles. The Balaban J connectivity index is 1.99. The van der Waals surface area contributed by atoms with E-state index in [1.165, 1.54) is 0 Å². The molecule has 1 amide bonds. The molecule has 3 aromatic rings. The highest BCUT2D eigenvalue weighted by atomic mass is 16.2. The molecule has 1 aliphatic heterocycles. The minimum atomic E-state index is -0.0775. The summed E-state index contributed by atoms with van der Waals surface area (Å²) in [6.45, 7) is 0. The van der Waals surface area contributed by atoms with Gasteiger partial charge in [-0.2, -0.15) is 0 Å². The van der Waals surface area contributed by atoms with Crippen LogP contribution in [0.15, 0.2) is 91.0 Å². The highest BCUT2D eigenvalue weighted by molar-refractivity contribution is 6.30. The van der Waals surface area contributed by atoms with Crippen LogP contribution in [0.1, 0.15) is 22.7 Å². The number of carbonyl (C=O) groups is 1. The van der Waals surface area contributed by atoms with Crippen molar-refractivity contribution in [2.75, 3.05) is 7.05 Å². The van der Waals surface area contributed by atoms with E-state index in [1.54, 1.807) is 0 Å². The van der Waals surface area contributed by atoms with Crippen molar-refractivity contribution in [2.45, 2.75) is 6.04 Å². The minimum Gasteiger partial charge on any atom is -0.330 e. The van der Waals surface area contributed by atoms with Gasteiger partial charge in [-0.05, 0) is 22.3 Å². The molecule has 0 spiro atoms. The van der Waals surface area contributed by atoms with Crippen molar-refractivity contribution >= 4 is 17.1 Å². The van der Waals surface area contributed by atoms with E-state index >= 15 is 0 Å². The molecule has 25 heavy (non-hydrogen) atoms. The molecular weight excluding hydrogens is 306 g/mol. The maximum atomic E-state index is 13.1. The molecule has 2 heteroatoms. The molecule has 122 valence electrons. The molecule has 1 unspecified atom stereocenters. The summed E-state index contributed by atoms with van der Waals surface area (Å²) in [4.78, 5) is 15.0. The van der Waals surface area contributed by atoms with Gasteiger partial charge in [-0.25, -0.2) is 0 Å². The van der Waals surface area contributed by atoms with Crippen LogP contribution in [0, 0.1) is 0 Å². The Morgan fingerprint density at radius 3 is 1.72 bits per heavy atom. The SMILES string of the molecule is CN1C(=O)C(c2ccccc2)=C(c2ccccc2)C1c1ccccc1. The largest absolute Gasteiger partial charge is 0.330 e. The van der Waals surface area contributed by atoms with Crippen LogP contribution in [-0.2, 0) is 4.79 Å². The quantitative estimate of drug-likeness (QED) is 0.676. The number of likely N-dealkylation sites (N-methyl/N-ethyl adjacent to an activating group) is 1. The molecule has 0 saturated heterocycles. The van der Waals surface area contributed by atoms with Crippen molar-refractivity contribution in [3.8, 4) is 0 Å². The van der Waals surface area contributed by atoms with Crippen LogP contribution in [0.3, 0.4) is 0 Å². The third kappa shape index (κ3) is 2.66. The summed E-state index contributed by atoms with van der Waals surface area (Å²) >= 11 is 0. The molecule has 0 N–H and O–H groups in total. The number of rotatable bonds is 3. The van der Waals surface area contributed by atoms with Gasteiger partial charge in [-0.1, -0.05) is 91.0 Å². The first-order valence-corrected chi connectivity index (χ1v) is 8.44. The van der Waals surface area contributed by atoms with E-state index in [0.29, 0.717) is 0 Å². The highest BCUT2D eigenvalue weighted by Crippen LogP contribution is 2.46. The number of nitrogens with zero attached hydrogens (tertiary/aromatic N) is 1. The first kappa shape index (κ1) is 15.4. The van der Waals surface area contributed by atoms with Gasteiger partial charge in [0.15, 0.2) is 0 Å². The van der Waals surface area contributed by atoms with Gasteiger partial charge < -0.3 is 4.90 Å². The Morgan fingerprint density at radius 1 is 0.680 bits per heavy atom. The summed E-state index contributed by atoms with van der Waals surface area (Å²) in [6.07, 6.45) is 0. The molecule has 4 rings (SSSR count). The van der Waals surface area contributed by atoms with Gasteiger partial charge in [0.2, 0.25) is 0 Å². The van der Waals surface area contributed by atoms with Crippen LogP contribution in [0.5, 0.6) is 0 Å². The third-order valence-electron chi connectivity index (χ3n) is 4.73. The van der Waals surface area contributed by atoms with E-state index in [-0.39, 0.29) is 11.9 Å². The Morgan fingerprint density at radius 2 is 1.16 bits per heavy atom. The van der Waals surface area contributed by atoms with Gasteiger partial charge in [-0.15, -0.1) is 0 Å². The van der Waals surface area contributed by atoms with Crippen molar-refractivity contribution in [3.63, 3.8) is 0 Å². The lowest BCUT2D eigenvalue weighted by molar-refractivity contribution is -0.123. The third-order valence-corrected chi connectivity index (χ3v) is 4.73. The van der Waals surface area contributed by atoms with Gasteiger partial charge in [-0.3, -0.25) is 4.79 Å². The molecule has 0 fully saturated rings. The summed E-state index contributed by atoms with van der Waals surface area (Å²) in [5.41, 5.74) is 5.06. The highest BCUT2D eigenvalue weighted by Gasteiger charge is 2.38. The molecule has 0 radical (unpaired) electrons. The van der Waals surface area contributed by atoms with Crippen LogP contribution in [-0.4, -0.2) is 17.9 Å². The average Bonchev–Trinajstić information content (AvgIpc) is 2.95. The van der Waals surface area contributed by atoms with Crippen molar-refractivity contribution in [2.24, 2.45) is 0 Å². The van der Waals surface area contributed by atoms with Crippen molar-refractivity contribution in [1.82, 2.24) is 4.90 Å². The summed E-state index contributed by atoms with van der Waals surface area (Å²) in [5.74, 6) is 0.0684. The summed E-state index contributed by atoms with van der Waals surface area (Å²) in [6, 6.07) is 30.3. The maximum absolute atomic E-state index is 13.1. The zero-order chi connectivity index (χ0) is 17.2. The molecule has 1 aliphatic rings. The standard InChI is InChI=1S/C23H19NO/c1-24-22(19-15-9-4-10-16-19)20(17-11-5-2-6-12-17)21(23(24)25)18-13-7-3-8-14-18/h2-16,22H,1H3. The van der Waals surface area contributed by atoms with Gasteiger partial charge in [0.1, 0.15) is 0 Å². The Hall–Kier alpha value is -3.13. The zero-order valence-electron chi connectivity index (χ0n) is 14.1. The summed E-state index contributed by atoms with van der Waals surface area (Å²) in [7, 11) is 1.89. The molecule has 3 aromatic carbocycles. The number of benzene rings is 3. The zero-order valence-corrected chi connectivity index (χ0v) is 14.1. The van der Waals surface area contributed by atoms with Crippen molar-refractivity contribution in [1.29, 1.82) is 0 Å². The van der Waals surface area contributed by atoms with E-state index in [9.17, 15) is 4.79 Å². The summed E-state index contributed by atoms with van der Waals surface area (Å²) < 4.78 is 0. The lowest BCUT2D eigenvalue weighted by Crippen LogP contribution is -2.25. The topological polar surface area (TPSA) is 20.3 Å².